The highest BCUT2D eigenvalue weighted by Crippen LogP contribution is 2.26. The maximum Gasteiger partial charge on any atom is 0.194 e. The van der Waals surface area contributed by atoms with Crippen molar-refractivity contribution in [3.63, 3.8) is 0 Å². The van der Waals surface area contributed by atoms with Crippen LogP contribution in [0.2, 0.25) is 0 Å². The number of thiophene rings is 1. The van der Waals surface area contributed by atoms with E-state index in [1.807, 2.05) is 49.6 Å². The van der Waals surface area contributed by atoms with E-state index in [2.05, 4.69) is 6.07 Å². The first kappa shape index (κ1) is 13.5. The van der Waals surface area contributed by atoms with Gasteiger partial charge in [0.1, 0.15) is 5.92 Å². The van der Waals surface area contributed by atoms with Gasteiger partial charge in [-0.15, -0.1) is 11.3 Å². The van der Waals surface area contributed by atoms with Gasteiger partial charge >= 0.3 is 0 Å². The van der Waals surface area contributed by atoms with Crippen LogP contribution in [-0.2, 0) is 6.42 Å². The number of hydrogen-bond donors (Lipinski definition) is 0. The predicted molar refractivity (Wildman–Crippen MR) is 77.6 cm³/mol. The van der Waals surface area contributed by atoms with Crippen molar-refractivity contribution < 1.29 is 4.79 Å². The normalized spacial score (nSPS) is 11.8. The third-order valence-electron chi connectivity index (χ3n) is 3.15. The van der Waals surface area contributed by atoms with Crippen molar-refractivity contribution in [2.24, 2.45) is 0 Å². The highest BCUT2D eigenvalue weighted by Gasteiger charge is 2.24. The molecule has 96 valence electrons. The zero-order valence-electron chi connectivity index (χ0n) is 11.0. The van der Waals surface area contributed by atoms with Crippen LogP contribution in [0.25, 0.3) is 0 Å². The zero-order chi connectivity index (χ0) is 13.8. The summed E-state index contributed by atoms with van der Waals surface area (Å²) in [5, 5.41) is 11.2. The summed E-state index contributed by atoms with van der Waals surface area (Å²) in [5.41, 5.74) is 2.93. The van der Waals surface area contributed by atoms with Gasteiger partial charge in [-0.05, 0) is 35.9 Å². The Morgan fingerprint density at radius 3 is 2.58 bits per heavy atom. The van der Waals surface area contributed by atoms with Crippen LogP contribution in [0.1, 0.15) is 39.2 Å². The van der Waals surface area contributed by atoms with Crippen molar-refractivity contribution in [2.45, 2.75) is 26.2 Å². The van der Waals surface area contributed by atoms with Crippen LogP contribution >= 0.6 is 11.3 Å². The lowest BCUT2D eigenvalue weighted by atomic mass is 9.93. The highest BCUT2D eigenvalue weighted by atomic mass is 32.1. The van der Waals surface area contributed by atoms with E-state index in [0.29, 0.717) is 0 Å². The van der Waals surface area contributed by atoms with Gasteiger partial charge in [0, 0.05) is 0 Å². The number of Topliss-reactive ketones (excluding diaryl/α,β-unsaturated/α-hetero) is 1. The molecule has 19 heavy (non-hydrogen) atoms. The second-order valence-corrected chi connectivity index (χ2v) is 5.38. The SMILES string of the molecule is CCc1ccsc1C(=O)C(C#N)c1ccc(C)cc1. The Morgan fingerprint density at radius 2 is 2.00 bits per heavy atom. The van der Waals surface area contributed by atoms with Crippen molar-refractivity contribution in [3.05, 3.63) is 57.3 Å². The maximum absolute atomic E-state index is 12.5. The summed E-state index contributed by atoms with van der Waals surface area (Å²) in [5.74, 6) is -0.789. The molecule has 0 N–H and O–H groups in total. The highest BCUT2D eigenvalue weighted by molar-refractivity contribution is 7.12. The number of benzene rings is 1. The van der Waals surface area contributed by atoms with Crippen molar-refractivity contribution in [1.82, 2.24) is 0 Å². The van der Waals surface area contributed by atoms with E-state index >= 15 is 0 Å². The molecular formula is C16H15NOS. The van der Waals surface area contributed by atoms with Gasteiger partial charge < -0.3 is 0 Å². The van der Waals surface area contributed by atoms with E-state index in [1.54, 1.807) is 0 Å². The molecule has 0 saturated heterocycles. The number of hydrogen-bond acceptors (Lipinski definition) is 3. The molecule has 2 aromatic rings. The molecule has 0 aliphatic carbocycles. The quantitative estimate of drug-likeness (QED) is 0.784. The first-order chi connectivity index (χ1) is 9.17. The summed E-state index contributed by atoms with van der Waals surface area (Å²) in [6.45, 7) is 4.01. The zero-order valence-corrected chi connectivity index (χ0v) is 11.8. The Bertz CT molecular complexity index is 619. The molecule has 0 spiro atoms. The molecule has 3 heteroatoms. The number of nitriles is 1. The molecule has 0 aliphatic heterocycles. The van der Waals surface area contributed by atoms with E-state index < -0.39 is 5.92 Å². The fraction of sp³-hybridized carbons (Fsp3) is 0.250. The number of aryl methyl sites for hydroxylation is 2. The van der Waals surface area contributed by atoms with Crippen LogP contribution in [-0.4, -0.2) is 5.78 Å². The van der Waals surface area contributed by atoms with E-state index in [4.69, 9.17) is 0 Å². The van der Waals surface area contributed by atoms with Crippen molar-refractivity contribution >= 4 is 17.1 Å². The summed E-state index contributed by atoms with van der Waals surface area (Å²) in [7, 11) is 0. The fourth-order valence-corrected chi connectivity index (χ4v) is 2.97. The summed E-state index contributed by atoms with van der Waals surface area (Å²) in [6, 6.07) is 11.7. The lowest BCUT2D eigenvalue weighted by Gasteiger charge is -2.09. The minimum atomic E-state index is -0.704. The lowest BCUT2D eigenvalue weighted by molar-refractivity contribution is 0.0982. The molecule has 0 fully saturated rings. The van der Waals surface area contributed by atoms with Gasteiger partial charge in [0.05, 0.1) is 10.9 Å². The predicted octanol–water partition coefficient (Wildman–Crippen LogP) is 4.11. The van der Waals surface area contributed by atoms with E-state index in [0.717, 1.165) is 28.0 Å². The molecule has 0 radical (unpaired) electrons. The first-order valence-electron chi connectivity index (χ1n) is 6.24. The number of rotatable bonds is 4. The van der Waals surface area contributed by atoms with Gasteiger partial charge in [-0.1, -0.05) is 36.8 Å². The molecule has 0 saturated carbocycles. The van der Waals surface area contributed by atoms with Crippen LogP contribution in [0.15, 0.2) is 35.7 Å². The fourth-order valence-electron chi connectivity index (χ4n) is 2.00. The third-order valence-corrected chi connectivity index (χ3v) is 4.12. The molecule has 0 aliphatic rings. The van der Waals surface area contributed by atoms with Crippen molar-refractivity contribution in [2.75, 3.05) is 0 Å². The standard InChI is InChI=1S/C16H15NOS/c1-3-12-8-9-19-16(12)15(18)14(10-17)13-6-4-11(2)5-7-13/h4-9,14H,3H2,1-2H3. The molecule has 2 rings (SSSR count). The van der Waals surface area contributed by atoms with Crippen molar-refractivity contribution in [1.29, 1.82) is 5.26 Å². The number of nitrogens with zero attached hydrogens (tertiary/aromatic N) is 1. The smallest absolute Gasteiger partial charge is 0.194 e. The van der Waals surface area contributed by atoms with Crippen molar-refractivity contribution in [3.8, 4) is 6.07 Å². The Kier molecular flexibility index (Phi) is 4.13. The molecule has 2 nitrogen and oxygen atoms in total. The molecule has 1 atom stereocenters. The Balaban J connectivity index is 2.35. The van der Waals surface area contributed by atoms with Gasteiger partial charge in [-0.3, -0.25) is 4.79 Å². The second kappa shape index (κ2) is 5.81. The Hall–Kier alpha value is -1.92. The van der Waals surface area contributed by atoms with Crippen LogP contribution in [0.5, 0.6) is 0 Å². The largest absolute Gasteiger partial charge is 0.291 e. The van der Waals surface area contributed by atoms with Crippen LogP contribution < -0.4 is 0 Å². The second-order valence-electron chi connectivity index (χ2n) is 4.47. The average molecular weight is 269 g/mol. The van der Waals surface area contributed by atoms with Gasteiger partial charge in [-0.2, -0.15) is 5.26 Å². The van der Waals surface area contributed by atoms with Crippen LogP contribution in [0.3, 0.4) is 0 Å². The molecule has 1 unspecified atom stereocenters. The number of ketones is 1. The minimum Gasteiger partial charge on any atom is -0.291 e. The van der Waals surface area contributed by atoms with Gasteiger partial charge in [0.25, 0.3) is 0 Å². The van der Waals surface area contributed by atoms with E-state index in [9.17, 15) is 10.1 Å². The lowest BCUT2D eigenvalue weighted by Crippen LogP contribution is -2.11. The van der Waals surface area contributed by atoms with Gasteiger partial charge in [0.2, 0.25) is 0 Å². The number of carbonyl (C=O) groups is 1. The van der Waals surface area contributed by atoms with Crippen LogP contribution in [0.4, 0.5) is 0 Å². The minimum absolute atomic E-state index is 0.0850. The topological polar surface area (TPSA) is 40.9 Å². The molecule has 0 bridgehead atoms. The Labute approximate surface area is 117 Å². The monoisotopic (exact) mass is 269 g/mol. The Morgan fingerprint density at radius 1 is 1.32 bits per heavy atom. The molecule has 1 aromatic carbocycles. The summed E-state index contributed by atoms with van der Waals surface area (Å²) in [4.78, 5) is 13.2. The summed E-state index contributed by atoms with van der Waals surface area (Å²) >= 11 is 1.42. The first-order valence-corrected chi connectivity index (χ1v) is 7.12. The molecule has 1 aromatic heterocycles. The summed E-state index contributed by atoms with van der Waals surface area (Å²) < 4.78 is 0. The van der Waals surface area contributed by atoms with Crippen LogP contribution in [0, 0.1) is 18.3 Å². The van der Waals surface area contributed by atoms with E-state index in [-0.39, 0.29) is 5.78 Å². The maximum atomic E-state index is 12.5. The third kappa shape index (κ3) is 2.74. The van der Waals surface area contributed by atoms with Gasteiger partial charge in [0.15, 0.2) is 5.78 Å². The molecule has 0 amide bonds. The summed E-state index contributed by atoms with van der Waals surface area (Å²) in [6.07, 6.45) is 0.816. The molecule has 1 heterocycles. The van der Waals surface area contributed by atoms with Gasteiger partial charge in [-0.25, -0.2) is 0 Å². The van der Waals surface area contributed by atoms with E-state index in [1.165, 1.54) is 11.3 Å². The molecular weight excluding hydrogens is 254 g/mol. The average Bonchev–Trinajstić information content (AvgIpc) is 2.90. The number of carbonyl (C=O) groups excluding carboxylic acids is 1.